The second-order valence-electron chi connectivity index (χ2n) is 15.0. The second kappa shape index (κ2) is 12.1. The number of amides is 2. The number of aliphatic hydroxyl groups excluding tert-OH is 2. The summed E-state index contributed by atoms with van der Waals surface area (Å²) in [5.41, 5.74) is -1.92. The number of ether oxygens (including phenoxy) is 1. The van der Waals surface area contributed by atoms with Crippen molar-refractivity contribution < 1.29 is 29.0 Å². The van der Waals surface area contributed by atoms with Gasteiger partial charge in [-0.15, -0.1) is 0 Å². The van der Waals surface area contributed by atoms with Gasteiger partial charge in [0.25, 0.3) is 0 Å². The van der Waals surface area contributed by atoms with Crippen molar-refractivity contribution >= 4 is 20.3 Å². The zero-order chi connectivity index (χ0) is 31.1. The van der Waals surface area contributed by atoms with E-state index in [0.29, 0.717) is 39.0 Å². The van der Waals surface area contributed by atoms with Gasteiger partial charge in [-0.25, -0.2) is 4.79 Å². The number of nitrogens with zero attached hydrogens (tertiary/aromatic N) is 2. The average molecular weight is 601 g/mol. The van der Waals surface area contributed by atoms with Crippen LogP contribution in [0.2, 0.25) is 18.1 Å². The van der Waals surface area contributed by atoms with E-state index in [1.807, 2.05) is 31.7 Å². The highest BCUT2D eigenvalue weighted by Gasteiger charge is 2.73. The van der Waals surface area contributed by atoms with Crippen molar-refractivity contribution in [1.29, 1.82) is 0 Å². The minimum absolute atomic E-state index is 0.000967. The Kier molecular flexibility index (Phi) is 9.45. The molecule has 8 nitrogen and oxygen atoms in total. The van der Waals surface area contributed by atoms with E-state index in [0.717, 1.165) is 12.8 Å². The molecular weight excluding hydrogens is 548 g/mol. The Labute approximate surface area is 253 Å². The third kappa shape index (κ3) is 6.10. The number of allylic oxidation sites excluding steroid dienone is 4. The first-order chi connectivity index (χ1) is 19.5. The summed E-state index contributed by atoms with van der Waals surface area (Å²) in [5.74, 6) is 4.95. The predicted molar refractivity (Wildman–Crippen MR) is 166 cm³/mol. The first-order valence-corrected chi connectivity index (χ1v) is 18.6. The van der Waals surface area contributed by atoms with Crippen molar-refractivity contribution in [3.63, 3.8) is 0 Å². The molecule has 4 bridgehead atoms. The molecule has 4 aliphatic rings. The number of piperidine rings is 1. The molecule has 0 aromatic rings. The highest BCUT2D eigenvalue weighted by molar-refractivity contribution is 6.74. The van der Waals surface area contributed by atoms with E-state index in [-0.39, 0.29) is 28.7 Å². The van der Waals surface area contributed by atoms with Gasteiger partial charge >= 0.3 is 6.09 Å². The van der Waals surface area contributed by atoms with Crippen molar-refractivity contribution in [3.8, 4) is 11.8 Å². The fourth-order valence-electron chi connectivity index (χ4n) is 7.24. The Morgan fingerprint density at radius 3 is 2.50 bits per heavy atom. The third-order valence-electron chi connectivity index (χ3n) is 10.1. The number of hydrogen-bond donors (Lipinski definition) is 2. The molecule has 1 aliphatic carbocycles. The van der Waals surface area contributed by atoms with E-state index in [2.05, 4.69) is 57.9 Å². The van der Waals surface area contributed by atoms with Crippen molar-refractivity contribution in [2.45, 2.75) is 121 Å². The van der Waals surface area contributed by atoms with Crippen LogP contribution in [0.15, 0.2) is 24.3 Å². The molecule has 3 heterocycles. The van der Waals surface area contributed by atoms with Gasteiger partial charge in [0.15, 0.2) is 8.32 Å². The van der Waals surface area contributed by atoms with E-state index in [4.69, 9.17) is 9.16 Å². The molecule has 2 amide bonds. The molecule has 3 aliphatic heterocycles. The van der Waals surface area contributed by atoms with Crippen LogP contribution in [0.3, 0.4) is 0 Å². The van der Waals surface area contributed by atoms with E-state index >= 15 is 0 Å². The molecule has 42 heavy (non-hydrogen) atoms. The lowest BCUT2D eigenvalue weighted by atomic mass is 9.57. The second-order valence-corrected chi connectivity index (χ2v) is 19.8. The lowest BCUT2D eigenvalue weighted by Crippen LogP contribution is -2.77. The standard InChI is InChI=1S/C33H52N2O6Si/c1-31(2,3)41-30(39)34-20-18-25-24-21-23(22-40-42(7,8)32(4,5)6)27(34)33(25)28(37)26(36)17-15-13-11-9-10-12-14-16-19-35(33)29(24)38/h10-13,23-28,36-37H,9,14,16,18-22H2,1-8H3/b12-10-,13-11-/t23-,24?,25+,26-,27+,28+,33+/m0/s1. The summed E-state index contributed by atoms with van der Waals surface area (Å²) >= 11 is 0. The maximum absolute atomic E-state index is 14.3. The van der Waals surface area contributed by atoms with Gasteiger partial charge in [-0.05, 0) is 77.1 Å². The number of carbonyl (C=O) groups excluding carboxylic acids is 2. The van der Waals surface area contributed by atoms with Crippen LogP contribution in [0.4, 0.5) is 4.79 Å². The Morgan fingerprint density at radius 1 is 1.12 bits per heavy atom. The first kappa shape index (κ1) is 32.8. The van der Waals surface area contributed by atoms with Crippen LogP contribution in [-0.2, 0) is 14.0 Å². The molecule has 7 atom stereocenters. The molecule has 0 radical (unpaired) electrons. The van der Waals surface area contributed by atoms with Crippen molar-refractivity contribution in [2.75, 3.05) is 19.7 Å². The Hall–Kier alpha value is -2.12. The zero-order valence-electron chi connectivity index (χ0n) is 26.9. The molecule has 0 aromatic carbocycles. The van der Waals surface area contributed by atoms with Gasteiger partial charge < -0.3 is 29.2 Å². The van der Waals surface area contributed by atoms with Crippen LogP contribution in [0, 0.1) is 29.6 Å². The average Bonchev–Trinajstić information content (AvgIpc) is 3.04. The monoisotopic (exact) mass is 600 g/mol. The van der Waals surface area contributed by atoms with Gasteiger partial charge in [0.2, 0.25) is 5.91 Å². The van der Waals surface area contributed by atoms with Gasteiger partial charge in [-0.1, -0.05) is 50.8 Å². The van der Waals surface area contributed by atoms with E-state index < -0.39 is 43.8 Å². The molecule has 4 rings (SSSR count). The minimum atomic E-state index is -2.17. The minimum Gasteiger partial charge on any atom is -0.444 e. The normalized spacial score (nSPS) is 35.4. The van der Waals surface area contributed by atoms with Gasteiger partial charge in [0, 0.05) is 37.5 Å². The molecule has 3 fully saturated rings. The van der Waals surface area contributed by atoms with Gasteiger partial charge in [-0.2, -0.15) is 0 Å². The lowest BCUT2D eigenvalue weighted by molar-refractivity contribution is -0.169. The zero-order valence-corrected chi connectivity index (χ0v) is 27.9. The maximum atomic E-state index is 14.3. The highest BCUT2D eigenvalue weighted by Crippen LogP contribution is 2.59. The fourth-order valence-corrected chi connectivity index (χ4v) is 8.31. The van der Waals surface area contributed by atoms with Crippen LogP contribution in [0.25, 0.3) is 0 Å². The maximum Gasteiger partial charge on any atom is 0.410 e. The van der Waals surface area contributed by atoms with Gasteiger partial charge in [0.1, 0.15) is 17.8 Å². The number of rotatable bonds is 3. The largest absolute Gasteiger partial charge is 0.444 e. The first-order valence-electron chi connectivity index (χ1n) is 15.6. The SMILES string of the molecule is CC(C)(C)OC(=O)N1CC[C@@H]2C3C[C@@H](CO[Si](C)(C)C(C)(C)C)[C@@H]1[C@@]21[C@H](O)[C@@H](O)C#C/C=C\C/C=C\CCCN1C3=O. The van der Waals surface area contributed by atoms with Gasteiger partial charge in [0.05, 0.1) is 11.6 Å². The summed E-state index contributed by atoms with van der Waals surface area (Å²) < 4.78 is 12.7. The van der Waals surface area contributed by atoms with Gasteiger partial charge in [-0.3, -0.25) is 4.79 Å². The summed E-state index contributed by atoms with van der Waals surface area (Å²) in [7, 11) is -2.17. The van der Waals surface area contributed by atoms with E-state index in [1.54, 1.807) is 11.0 Å². The molecule has 1 unspecified atom stereocenters. The van der Waals surface area contributed by atoms with Crippen molar-refractivity contribution in [3.05, 3.63) is 24.3 Å². The topological polar surface area (TPSA) is 99.5 Å². The molecule has 0 aromatic heterocycles. The van der Waals surface area contributed by atoms with Crippen molar-refractivity contribution in [1.82, 2.24) is 9.80 Å². The van der Waals surface area contributed by atoms with Crippen LogP contribution in [0.5, 0.6) is 0 Å². The number of carbonyl (C=O) groups is 2. The molecule has 9 heteroatoms. The molecule has 1 spiro atoms. The Bertz CT molecular complexity index is 1140. The predicted octanol–water partition coefficient (Wildman–Crippen LogP) is 4.87. The van der Waals surface area contributed by atoms with E-state index in [1.165, 1.54) is 0 Å². The molecule has 2 saturated heterocycles. The summed E-state index contributed by atoms with van der Waals surface area (Å²) in [5, 5.41) is 23.6. The number of hydrogen-bond acceptors (Lipinski definition) is 6. The quantitative estimate of drug-likeness (QED) is 0.272. The molecule has 234 valence electrons. The van der Waals surface area contributed by atoms with Crippen LogP contribution in [0.1, 0.15) is 73.6 Å². The Balaban J connectivity index is 1.86. The number of likely N-dealkylation sites (tertiary alicyclic amines) is 1. The summed E-state index contributed by atoms with van der Waals surface area (Å²) in [4.78, 5) is 31.7. The number of aliphatic hydroxyl groups is 2. The smallest absolute Gasteiger partial charge is 0.410 e. The molecular formula is C33H52N2O6Si. The van der Waals surface area contributed by atoms with Crippen LogP contribution >= 0.6 is 0 Å². The molecule has 2 N–H and O–H groups in total. The summed E-state index contributed by atoms with van der Waals surface area (Å²) in [6.45, 7) is 17.7. The van der Waals surface area contributed by atoms with Crippen molar-refractivity contribution in [2.24, 2.45) is 17.8 Å². The fraction of sp³-hybridized carbons (Fsp3) is 0.758. The highest BCUT2D eigenvalue weighted by atomic mass is 28.4. The lowest BCUT2D eigenvalue weighted by Gasteiger charge is -2.61. The third-order valence-corrected chi connectivity index (χ3v) is 14.6. The summed E-state index contributed by atoms with van der Waals surface area (Å²) in [6.07, 6.45) is 7.88. The Morgan fingerprint density at radius 2 is 1.83 bits per heavy atom. The molecule has 1 saturated carbocycles. The summed E-state index contributed by atoms with van der Waals surface area (Å²) in [6, 6.07) is -0.594. The van der Waals surface area contributed by atoms with E-state index in [9.17, 15) is 19.8 Å². The van der Waals surface area contributed by atoms with Crippen LogP contribution in [-0.4, -0.2) is 89.4 Å². The van der Waals surface area contributed by atoms with Crippen LogP contribution < -0.4 is 0 Å².